The first-order valence-electron chi connectivity index (χ1n) is 8.10. The first-order valence-corrected chi connectivity index (χ1v) is 8.98. The normalized spacial score (nSPS) is 12.3. The zero-order chi connectivity index (χ0) is 18.4. The molecule has 0 aliphatic rings. The van der Waals surface area contributed by atoms with Gasteiger partial charge in [-0.2, -0.15) is 0 Å². The van der Waals surface area contributed by atoms with Crippen molar-refractivity contribution in [1.82, 2.24) is 10.3 Å². The number of amides is 2. The van der Waals surface area contributed by atoms with Crippen LogP contribution in [0.15, 0.2) is 35.7 Å². The van der Waals surface area contributed by atoms with Crippen LogP contribution in [-0.4, -0.2) is 28.6 Å². The molecule has 0 bridgehead atoms. The van der Waals surface area contributed by atoms with Crippen molar-refractivity contribution in [1.29, 1.82) is 0 Å². The van der Waals surface area contributed by atoms with Crippen LogP contribution in [0.25, 0.3) is 11.3 Å². The van der Waals surface area contributed by atoms with Crippen LogP contribution in [0.3, 0.4) is 0 Å². The van der Waals surface area contributed by atoms with Gasteiger partial charge in [-0.3, -0.25) is 4.79 Å². The number of anilines is 1. The van der Waals surface area contributed by atoms with Gasteiger partial charge in [-0.1, -0.05) is 37.3 Å². The maximum Gasteiger partial charge on any atom is 0.408 e. The Kier molecular flexibility index (Phi) is 6.14. The minimum Gasteiger partial charge on any atom is -0.444 e. The van der Waals surface area contributed by atoms with Crippen LogP contribution < -0.4 is 10.6 Å². The molecule has 1 unspecified atom stereocenters. The number of carbonyl (C=O) groups excluding carboxylic acids is 2. The third-order valence-electron chi connectivity index (χ3n) is 3.22. The summed E-state index contributed by atoms with van der Waals surface area (Å²) >= 11 is 1.34. The van der Waals surface area contributed by atoms with Crippen molar-refractivity contribution in [2.24, 2.45) is 0 Å². The highest BCUT2D eigenvalue weighted by Crippen LogP contribution is 2.24. The third-order valence-corrected chi connectivity index (χ3v) is 3.98. The summed E-state index contributed by atoms with van der Waals surface area (Å²) in [4.78, 5) is 28.6. The van der Waals surface area contributed by atoms with Crippen molar-refractivity contribution in [2.45, 2.75) is 45.8 Å². The van der Waals surface area contributed by atoms with Gasteiger partial charge in [0.2, 0.25) is 5.91 Å². The summed E-state index contributed by atoms with van der Waals surface area (Å²) < 4.78 is 5.19. The summed E-state index contributed by atoms with van der Waals surface area (Å²) in [6.07, 6.45) is -0.166. The van der Waals surface area contributed by atoms with Crippen molar-refractivity contribution in [3.63, 3.8) is 0 Å². The number of nitrogens with one attached hydrogen (secondary N) is 2. The molecule has 1 heterocycles. The number of nitrogens with zero attached hydrogens (tertiary/aromatic N) is 1. The van der Waals surface area contributed by atoms with Gasteiger partial charge in [-0.15, -0.1) is 11.3 Å². The lowest BCUT2D eigenvalue weighted by Gasteiger charge is -2.22. The summed E-state index contributed by atoms with van der Waals surface area (Å²) in [5.74, 6) is -0.317. The van der Waals surface area contributed by atoms with E-state index in [4.69, 9.17) is 4.74 Å². The molecule has 0 saturated carbocycles. The van der Waals surface area contributed by atoms with E-state index in [9.17, 15) is 9.59 Å². The molecule has 0 saturated heterocycles. The number of hydrogen-bond acceptors (Lipinski definition) is 5. The van der Waals surface area contributed by atoms with Crippen molar-refractivity contribution in [3.8, 4) is 11.3 Å². The maximum absolute atomic E-state index is 12.4. The number of rotatable bonds is 5. The summed E-state index contributed by atoms with van der Waals surface area (Å²) in [6.45, 7) is 7.13. The molecule has 0 aliphatic heterocycles. The predicted octanol–water partition coefficient (Wildman–Crippen LogP) is 4.05. The Morgan fingerprint density at radius 1 is 1.24 bits per heavy atom. The highest BCUT2D eigenvalue weighted by atomic mass is 32.1. The average molecular weight is 361 g/mol. The molecule has 2 aromatic rings. The summed E-state index contributed by atoms with van der Waals surface area (Å²) in [5.41, 5.74) is 1.17. The Morgan fingerprint density at radius 2 is 1.92 bits per heavy atom. The maximum atomic E-state index is 12.4. The first-order chi connectivity index (χ1) is 11.8. The van der Waals surface area contributed by atoms with E-state index in [1.54, 1.807) is 20.8 Å². The summed E-state index contributed by atoms with van der Waals surface area (Å²) in [6, 6.07) is 9.04. The van der Waals surface area contributed by atoms with Crippen LogP contribution in [0.1, 0.15) is 34.1 Å². The predicted molar refractivity (Wildman–Crippen MR) is 99.6 cm³/mol. The largest absolute Gasteiger partial charge is 0.444 e. The van der Waals surface area contributed by atoms with Crippen LogP contribution >= 0.6 is 11.3 Å². The molecule has 134 valence electrons. The molecule has 0 radical (unpaired) electrons. The molecule has 7 heteroatoms. The van der Waals surface area contributed by atoms with E-state index in [2.05, 4.69) is 15.6 Å². The number of carbonyl (C=O) groups is 2. The molecule has 6 nitrogen and oxygen atoms in total. The van der Waals surface area contributed by atoms with Gasteiger partial charge in [-0.25, -0.2) is 9.78 Å². The topological polar surface area (TPSA) is 80.3 Å². The molecule has 2 rings (SSSR count). The second-order valence-electron chi connectivity index (χ2n) is 6.50. The molecule has 1 aromatic heterocycles. The second kappa shape index (κ2) is 8.11. The van der Waals surface area contributed by atoms with Gasteiger partial charge in [0.1, 0.15) is 11.6 Å². The highest BCUT2D eigenvalue weighted by molar-refractivity contribution is 7.14. The minimum absolute atomic E-state index is 0.317. The van der Waals surface area contributed by atoms with E-state index in [-0.39, 0.29) is 5.91 Å². The van der Waals surface area contributed by atoms with Crippen molar-refractivity contribution < 1.29 is 14.3 Å². The van der Waals surface area contributed by atoms with Gasteiger partial charge >= 0.3 is 6.09 Å². The Bertz CT molecular complexity index is 723. The van der Waals surface area contributed by atoms with Crippen LogP contribution in [0.4, 0.5) is 9.93 Å². The minimum atomic E-state index is -0.682. The van der Waals surface area contributed by atoms with Gasteiger partial charge < -0.3 is 15.4 Å². The number of benzene rings is 1. The van der Waals surface area contributed by atoms with Gasteiger partial charge in [0.15, 0.2) is 5.13 Å². The van der Waals surface area contributed by atoms with Gasteiger partial charge in [0.25, 0.3) is 0 Å². The standard InChI is InChI=1S/C18H23N3O3S/c1-5-13(20-17(23)24-18(2,3)4)15(22)21-16-19-14(11-25-16)12-9-7-6-8-10-12/h6-11,13H,5H2,1-4H3,(H,20,23)(H,19,21,22). The van der Waals surface area contributed by atoms with Crippen LogP contribution in [0.2, 0.25) is 0 Å². The van der Waals surface area contributed by atoms with Crippen molar-refractivity contribution >= 4 is 28.5 Å². The average Bonchev–Trinajstić information content (AvgIpc) is 3.00. The quantitative estimate of drug-likeness (QED) is 0.842. The molecule has 0 spiro atoms. The zero-order valence-electron chi connectivity index (χ0n) is 14.8. The molecule has 25 heavy (non-hydrogen) atoms. The monoisotopic (exact) mass is 361 g/mol. The molecule has 2 N–H and O–H groups in total. The lowest BCUT2D eigenvalue weighted by Crippen LogP contribution is -2.45. The van der Waals surface area contributed by atoms with Crippen LogP contribution in [0.5, 0.6) is 0 Å². The second-order valence-corrected chi connectivity index (χ2v) is 7.36. The SMILES string of the molecule is CCC(NC(=O)OC(C)(C)C)C(=O)Nc1nc(-c2ccccc2)cs1. The van der Waals surface area contributed by atoms with Gasteiger partial charge in [0, 0.05) is 10.9 Å². The zero-order valence-corrected chi connectivity index (χ0v) is 15.6. The van der Waals surface area contributed by atoms with Crippen molar-refractivity contribution in [3.05, 3.63) is 35.7 Å². The Hall–Kier alpha value is -2.41. The third kappa shape index (κ3) is 5.86. The smallest absolute Gasteiger partial charge is 0.408 e. The Morgan fingerprint density at radius 3 is 2.52 bits per heavy atom. The van der Waals surface area contributed by atoms with E-state index in [1.165, 1.54) is 11.3 Å². The fraction of sp³-hybridized carbons (Fsp3) is 0.389. The molecule has 0 fully saturated rings. The lowest BCUT2D eigenvalue weighted by atomic mass is 10.2. The molecule has 2 amide bonds. The van der Waals surface area contributed by atoms with E-state index < -0.39 is 17.7 Å². The van der Waals surface area contributed by atoms with Gasteiger partial charge in [-0.05, 0) is 27.2 Å². The number of thiazole rings is 1. The number of ether oxygens (including phenoxy) is 1. The van der Waals surface area contributed by atoms with Gasteiger partial charge in [0.05, 0.1) is 5.69 Å². The molecular weight excluding hydrogens is 338 g/mol. The summed E-state index contributed by atoms with van der Waals surface area (Å²) in [7, 11) is 0. The fourth-order valence-electron chi connectivity index (χ4n) is 2.07. The Labute approximate surface area is 151 Å². The number of hydrogen-bond donors (Lipinski definition) is 2. The molecule has 1 atom stereocenters. The molecule has 0 aliphatic carbocycles. The highest BCUT2D eigenvalue weighted by Gasteiger charge is 2.23. The first kappa shape index (κ1) is 18.9. The molecule has 1 aromatic carbocycles. The van der Waals surface area contributed by atoms with E-state index in [0.29, 0.717) is 11.6 Å². The lowest BCUT2D eigenvalue weighted by molar-refractivity contribution is -0.118. The Balaban J connectivity index is 1.98. The van der Waals surface area contributed by atoms with E-state index >= 15 is 0 Å². The van der Waals surface area contributed by atoms with Crippen LogP contribution in [-0.2, 0) is 9.53 Å². The fourth-order valence-corrected chi connectivity index (χ4v) is 2.79. The van der Waals surface area contributed by atoms with E-state index in [1.807, 2.05) is 42.6 Å². The number of alkyl carbamates (subject to hydrolysis) is 1. The van der Waals surface area contributed by atoms with Crippen LogP contribution in [0, 0.1) is 0 Å². The van der Waals surface area contributed by atoms with Crippen molar-refractivity contribution in [2.75, 3.05) is 5.32 Å². The summed E-state index contributed by atoms with van der Waals surface area (Å²) in [5, 5.41) is 7.71. The van der Waals surface area contributed by atoms with E-state index in [0.717, 1.165) is 11.3 Å². The number of aromatic nitrogens is 1. The molecular formula is C18H23N3O3S.